The number of fused-ring (bicyclic) bond motifs is 13. The van der Waals surface area contributed by atoms with Crippen LogP contribution in [0, 0.1) is 0 Å². The summed E-state index contributed by atoms with van der Waals surface area (Å²) in [6.45, 7) is 7.03. The average Bonchev–Trinajstić information content (AvgIpc) is 4.14. The van der Waals surface area contributed by atoms with E-state index in [2.05, 4.69) is 186 Å². The van der Waals surface area contributed by atoms with Crippen molar-refractivity contribution in [2.45, 2.75) is 159 Å². The molecule has 4 atom stereocenters. The lowest BCUT2D eigenvalue weighted by Gasteiger charge is -2.43. The molecule has 8 aromatic rings. The number of benzene rings is 7. The summed E-state index contributed by atoms with van der Waals surface area (Å²) in [5.41, 5.74) is 27.4. The Labute approximate surface area is 457 Å². The van der Waals surface area contributed by atoms with Crippen molar-refractivity contribution in [3.63, 3.8) is 0 Å². The number of para-hydroxylation sites is 2. The Morgan fingerprint density at radius 2 is 1.04 bits per heavy atom. The number of rotatable bonds is 5. The summed E-state index contributed by atoms with van der Waals surface area (Å²) in [4.78, 5) is 8.21. The minimum atomic E-state index is -0.0348. The summed E-state index contributed by atoms with van der Waals surface area (Å²) in [6, 6.07) is 58.2. The normalized spacial score (nSPS) is 21.6. The Morgan fingerprint density at radius 1 is 0.455 bits per heavy atom. The van der Waals surface area contributed by atoms with E-state index in [9.17, 15) is 0 Å². The van der Waals surface area contributed by atoms with E-state index in [-0.39, 0.29) is 12.1 Å². The highest BCUT2D eigenvalue weighted by Crippen LogP contribution is 2.56. The van der Waals surface area contributed by atoms with Gasteiger partial charge < -0.3 is 24.0 Å². The number of aromatic nitrogens is 1. The molecule has 16 rings (SSSR count). The molecule has 0 saturated heterocycles. The third kappa shape index (κ3) is 7.11. The molecule has 0 bridgehead atoms. The lowest BCUT2D eigenvalue weighted by molar-refractivity contribution is 0.402. The number of ether oxygens (including phenoxy) is 1. The fraction of sp³-hybridized carbons (Fsp3) is 0.352. The molecule has 2 saturated carbocycles. The lowest BCUT2D eigenvalue weighted by atomic mass is 9.34. The van der Waals surface area contributed by atoms with Crippen molar-refractivity contribution in [2.24, 2.45) is 0 Å². The Balaban J connectivity index is 0.966. The van der Waals surface area contributed by atoms with Crippen LogP contribution >= 0.6 is 0 Å². The molecule has 0 N–H and O–H groups in total. The first-order valence-corrected chi connectivity index (χ1v) is 30.0. The lowest BCUT2D eigenvalue weighted by Crippen LogP contribution is -2.59. The molecule has 0 radical (unpaired) electrons. The number of hydrogen-bond donors (Lipinski definition) is 0. The topological polar surface area (TPSA) is 23.9 Å². The first kappa shape index (κ1) is 46.2. The molecule has 384 valence electrons. The summed E-state index contributed by atoms with van der Waals surface area (Å²) in [5, 5.41) is 0. The minimum Gasteiger partial charge on any atom is -0.458 e. The van der Waals surface area contributed by atoms with Gasteiger partial charge in [-0.15, -0.1) is 0 Å². The average molecular weight is 1010 g/mol. The van der Waals surface area contributed by atoms with Gasteiger partial charge in [-0.1, -0.05) is 138 Å². The molecule has 77 heavy (non-hydrogen) atoms. The third-order valence-electron chi connectivity index (χ3n) is 20.1. The first-order chi connectivity index (χ1) is 37.9. The molecule has 6 heteroatoms. The molecule has 7 aromatic carbocycles. The predicted molar refractivity (Wildman–Crippen MR) is 321 cm³/mol. The van der Waals surface area contributed by atoms with Gasteiger partial charge in [0.2, 0.25) is 0 Å². The SMILES string of the molecule is CC(C)(C)c1ccc(N2c3cc(N4c5ccccc5C5CCCCC54)ccc3B3c4ccc(-n5c6c(c7c5CCCC7)CCCC6)cc4Oc4cc(N5c6ccccc6C6CCCCCC65)cc2c43)c(-c2ccccc2)c1. The van der Waals surface area contributed by atoms with Crippen molar-refractivity contribution in [1.29, 1.82) is 0 Å². The molecule has 2 fully saturated rings. The zero-order valence-corrected chi connectivity index (χ0v) is 45.5. The van der Waals surface area contributed by atoms with E-state index in [1.807, 2.05) is 0 Å². The van der Waals surface area contributed by atoms with E-state index in [0.717, 1.165) is 24.3 Å². The van der Waals surface area contributed by atoms with E-state index in [1.54, 1.807) is 22.5 Å². The third-order valence-corrected chi connectivity index (χ3v) is 20.1. The van der Waals surface area contributed by atoms with E-state index < -0.39 is 0 Å². The predicted octanol–water partition coefficient (Wildman–Crippen LogP) is 16.4. The first-order valence-electron chi connectivity index (χ1n) is 30.0. The van der Waals surface area contributed by atoms with Crippen LogP contribution in [0.4, 0.5) is 39.8 Å². The van der Waals surface area contributed by atoms with Gasteiger partial charge >= 0.3 is 0 Å². The second kappa shape index (κ2) is 17.8. The maximum absolute atomic E-state index is 7.71. The van der Waals surface area contributed by atoms with Gasteiger partial charge in [0.25, 0.3) is 6.71 Å². The van der Waals surface area contributed by atoms with Gasteiger partial charge in [-0.2, -0.15) is 0 Å². The maximum atomic E-state index is 7.71. The van der Waals surface area contributed by atoms with Gasteiger partial charge in [0.1, 0.15) is 11.5 Å². The van der Waals surface area contributed by atoms with Gasteiger partial charge in [0, 0.05) is 92.8 Å². The molecular formula is C71H71BN4O. The van der Waals surface area contributed by atoms with Gasteiger partial charge in [-0.25, -0.2) is 0 Å². The Bertz CT molecular complexity index is 3640. The molecule has 5 nitrogen and oxygen atoms in total. The fourth-order valence-corrected chi connectivity index (χ4v) is 16.6. The Hall–Kier alpha value is -6.92. The molecule has 4 unspecified atom stereocenters. The van der Waals surface area contributed by atoms with Crippen molar-refractivity contribution in [3.8, 4) is 28.3 Å². The monoisotopic (exact) mass is 1010 g/mol. The molecule has 5 heterocycles. The Morgan fingerprint density at radius 3 is 1.75 bits per heavy atom. The number of nitrogens with zero attached hydrogens (tertiary/aromatic N) is 4. The second-order valence-corrected chi connectivity index (χ2v) is 25.3. The van der Waals surface area contributed by atoms with Crippen LogP contribution in [0.15, 0.2) is 146 Å². The standard InChI is InChI=1S/C71H71BN4O/c1-71(2,3)46-34-39-65(56(40-46)45-20-6-4-7-21-45)76-66-41-47(73-59-29-15-10-23-51(59)52-24-11-16-30-60(52)73)35-37-57(66)72-58-38-36-48(74-61-31-17-12-25-53(61)54-26-13-18-32-62(54)74)43-68(58)77-69-44-49(42-67(76)70(69)72)75-63-28-9-5-8-22-50(63)55-27-14-19-33-64(55)75/h4,6-7,10,14-15,19-21,23,27,29,33-44,50,52,60,63H,5,8-9,11-13,16-18,22,24-26,28,30-32H2,1-3H3. The zero-order valence-electron chi connectivity index (χ0n) is 45.5. The molecule has 4 aliphatic carbocycles. The van der Waals surface area contributed by atoms with Crippen molar-refractivity contribution in [2.75, 3.05) is 14.7 Å². The molecular weight excluding hydrogens is 936 g/mol. The van der Waals surface area contributed by atoms with E-state index in [0.29, 0.717) is 23.9 Å². The van der Waals surface area contributed by atoms with Crippen LogP contribution in [-0.2, 0) is 31.1 Å². The van der Waals surface area contributed by atoms with Gasteiger partial charge in [0.05, 0.1) is 5.69 Å². The highest BCUT2D eigenvalue weighted by Gasteiger charge is 2.47. The van der Waals surface area contributed by atoms with E-state index in [4.69, 9.17) is 4.74 Å². The smallest absolute Gasteiger partial charge is 0.256 e. The van der Waals surface area contributed by atoms with Gasteiger partial charge in [-0.05, 0) is 181 Å². The van der Waals surface area contributed by atoms with Crippen molar-refractivity contribution in [3.05, 3.63) is 185 Å². The van der Waals surface area contributed by atoms with E-state index >= 15 is 0 Å². The van der Waals surface area contributed by atoms with Crippen molar-refractivity contribution < 1.29 is 4.74 Å². The molecule has 8 aliphatic rings. The summed E-state index contributed by atoms with van der Waals surface area (Å²) < 4.78 is 10.4. The van der Waals surface area contributed by atoms with Crippen LogP contribution in [0.1, 0.15) is 155 Å². The summed E-state index contributed by atoms with van der Waals surface area (Å²) in [6.07, 6.45) is 21.2. The maximum Gasteiger partial charge on any atom is 0.256 e. The van der Waals surface area contributed by atoms with Crippen LogP contribution in [0.2, 0.25) is 0 Å². The second-order valence-electron chi connectivity index (χ2n) is 25.3. The largest absolute Gasteiger partial charge is 0.458 e. The summed E-state index contributed by atoms with van der Waals surface area (Å²) in [7, 11) is 0. The minimum absolute atomic E-state index is 0.0292. The van der Waals surface area contributed by atoms with Gasteiger partial charge in [-0.3, -0.25) is 0 Å². The van der Waals surface area contributed by atoms with Crippen LogP contribution in [0.5, 0.6) is 11.5 Å². The van der Waals surface area contributed by atoms with E-state index in [1.165, 1.54) is 186 Å². The van der Waals surface area contributed by atoms with Crippen LogP contribution in [0.25, 0.3) is 16.8 Å². The number of anilines is 7. The van der Waals surface area contributed by atoms with Crippen LogP contribution in [0.3, 0.4) is 0 Å². The molecule has 1 aromatic heterocycles. The van der Waals surface area contributed by atoms with Crippen LogP contribution in [-0.4, -0.2) is 23.4 Å². The quantitative estimate of drug-likeness (QED) is 0.160. The highest BCUT2D eigenvalue weighted by atomic mass is 16.5. The number of hydrogen-bond acceptors (Lipinski definition) is 4. The molecule has 0 amide bonds. The van der Waals surface area contributed by atoms with Gasteiger partial charge in [0.15, 0.2) is 0 Å². The van der Waals surface area contributed by atoms with Crippen molar-refractivity contribution >= 4 is 62.9 Å². The fourth-order valence-electron chi connectivity index (χ4n) is 16.6. The highest BCUT2D eigenvalue weighted by molar-refractivity contribution is 6.99. The van der Waals surface area contributed by atoms with Crippen LogP contribution < -0.4 is 35.8 Å². The summed E-state index contributed by atoms with van der Waals surface area (Å²) >= 11 is 0. The Kier molecular flexibility index (Phi) is 10.7. The molecule has 4 aliphatic heterocycles. The van der Waals surface area contributed by atoms with Crippen molar-refractivity contribution in [1.82, 2.24) is 4.57 Å². The zero-order chi connectivity index (χ0) is 51.1. The summed E-state index contributed by atoms with van der Waals surface area (Å²) in [5.74, 6) is 3.06. The molecule has 0 spiro atoms.